The van der Waals surface area contributed by atoms with Crippen molar-refractivity contribution in [3.05, 3.63) is 42.0 Å². The van der Waals surface area contributed by atoms with E-state index in [9.17, 15) is 9.59 Å². The van der Waals surface area contributed by atoms with Crippen molar-refractivity contribution < 1.29 is 9.59 Å². The van der Waals surface area contributed by atoms with E-state index in [1.54, 1.807) is 6.08 Å². The first-order chi connectivity index (χ1) is 15.8. The number of fused-ring (bicyclic) bond motifs is 5. The van der Waals surface area contributed by atoms with Crippen LogP contribution in [-0.2, 0) is 9.59 Å². The number of benzene rings is 1. The molecule has 1 heterocycles. The van der Waals surface area contributed by atoms with Crippen LogP contribution in [0.15, 0.2) is 36.4 Å². The number of nitrogens with zero attached hydrogens (tertiary/aromatic N) is 1. The molecule has 4 fully saturated rings. The fourth-order valence-electron chi connectivity index (χ4n) is 8.61. The van der Waals surface area contributed by atoms with Crippen LogP contribution in [-0.4, -0.2) is 36.3 Å². The molecule has 0 aromatic heterocycles. The summed E-state index contributed by atoms with van der Waals surface area (Å²) in [6, 6.07) is 10.4. The van der Waals surface area contributed by atoms with Crippen molar-refractivity contribution in [1.82, 2.24) is 10.2 Å². The van der Waals surface area contributed by atoms with E-state index < -0.39 is 0 Å². The smallest absolute Gasteiger partial charge is 0.244 e. The van der Waals surface area contributed by atoms with Crippen molar-refractivity contribution in [2.45, 2.75) is 71.3 Å². The molecule has 0 bridgehead atoms. The summed E-state index contributed by atoms with van der Waals surface area (Å²) in [4.78, 5) is 26.9. The van der Waals surface area contributed by atoms with Gasteiger partial charge in [0.2, 0.25) is 11.8 Å². The van der Waals surface area contributed by atoms with E-state index in [1.165, 1.54) is 32.1 Å². The molecular formula is C29H40N2O2. The van der Waals surface area contributed by atoms with Crippen molar-refractivity contribution in [2.24, 2.45) is 34.5 Å². The second-order valence-electron chi connectivity index (χ2n) is 11.8. The molecule has 4 nitrogen and oxygen atoms in total. The third kappa shape index (κ3) is 3.84. The minimum Gasteiger partial charge on any atom is -0.352 e. The third-order valence-electron chi connectivity index (χ3n) is 10.5. The van der Waals surface area contributed by atoms with Crippen LogP contribution in [0.25, 0.3) is 6.08 Å². The number of hydrogen-bond acceptors (Lipinski definition) is 2. The fraction of sp³-hybridized carbons (Fsp3) is 0.655. The Morgan fingerprint density at radius 2 is 1.79 bits per heavy atom. The quantitative estimate of drug-likeness (QED) is 0.636. The molecule has 5 rings (SSSR count). The Morgan fingerprint density at radius 3 is 2.58 bits per heavy atom. The zero-order valence-corrected chi connectivity index (χ0v) is 20.6. The zero-order chi connectivity index (χ0) is 23.2. The number of carbonyl (C=O) groups excluding carboxylic acids is 2. The molecule has 178 valence electrons. The molecule has 7 atom stereocenters. The van der Waals surface area contributed by atoms with Crippen LogP contribution >= 0.6 is 0 Å². The molecule has 1 aliphatic heterocycles. The second kappa shape index (κ2) is 8.60. The predicted molar refractivity (Wildman–Crippen MR) is 132 cm³/mol. The number of nitrogens with one attached hydrogen (secondary N) is 1. The highest BCUT2D eigenvalue weighted by Crippen LogP contribution is 2.66. The zero-order valence-electron chi connectivity index (χ0n) is 20.6. The van der Waals surface area contributed by atoms with E-state index in [2.05, 4.69) is 24.1 Å². The summed E-state index contributed by atoms with van der Waals surface area (Å²) in [5.41, 5.74) is 1.66. The topological polar surface area (TPSA) is 49.4 Å². The Kier molecular flexibility index (Phi) is 5.91. The van der Waals surface area contributed by atoms with Gasteiger partial charge < -0.3 is 10.2 Å². The number of hydrogen-bond donors (Lipinski definition) is 1. The lowest BCUT2D eigenvalue weighted by Crippen LogP contribution is -2.61. The van der Waals surface area contributed by atoms with Gasteiger partial charge in [-0.1, -0.05) is 44.2 Å². The maximum atomic E-state index is 12.5. The SMILES string of the molecule is CN1C(=O)CC[C@@]2(C)C1CC[C@@H]1[C@H]2CC[C@]2(C)C(CNC(=O)/C=C/c3ccccc3)CC[C@@H]12. The molecule has 33 heavy (non-hydrogen) atoms. The number of amides is 2. The minimum atomic E-state index is 0.0162. The van der Waals surface area contributed by atoms with Gasteiger partial charge in [-0.05, 0) is 91.1 Å². The maximum Gasteiger partial charge on any atom is 0.244 e. The Labute approximate surface area is 199 Å². The molecule has 1 N–H and O–H groups in total. The Balaban J connectivity index is 1.24. The standard InChI is InChI=1S/C29H40N2O2/c1-28-17-15-24-22(11-13-25-29(24,2)18-16-27(33)31(25)3)23(28)12-10-21(28)19-30-26(32)14-9-20-7-5-4-6-8-20/h4-9,14,21-25H,10-13,15-19H2,1-3H3,(H,30,32)/b14-9+/t21?,22-,23-,24+,25?,28+,29+/m0/s1. The van der Waals surface area contributed by atoms with Gasteiger partial charge in [-0.2, -0.15) is 0 Å². The molecule has 1 saturated heterocycles. The van der Waals surface area contributed by atoms with Crippen molar-refractivity contribution in [1.29, 1.82) is 0 Å². The summed E-state index contributed by atoms with van der Waals surface area (Å²) in [6.07, 6.45) is 12.9. The third-order valence-corrected chi connectivity index (χ3v) is 10.5. The van der Waals surface area contributed by atoms with Crippen LogP contribution in [0.3, 0.4) is 0 Å². The first-order valence-corrected chi connectivity index (χ1v) is 13.1. The van der Waals surface area contributed by atoms with Crippen LogP contribution in [0.2, 0.25) is 0 Å². The minimum absolute atomic E-state index is 0.0162. The van der Waals surface area contributed by atoms with Gasteiger partial charge in [0.15, 0.2) is 0 Å². The van der Waals surface area contributed by atoms with Gasteiger partial charge in [-0.3, -0.25) is 9.59 Å². The largest absolute Gasteiger partial charge is 0.352 e. The van der Waals surface area contributed by atoms with E-state index in [1.807, 2.05) is 43.5 Å². The molecule has 4 heteroatoms. The molecule has 4 aliphatic rings. The van der Waals surface area contributed by atoms with E-state index in [0.717, 1.165) is 49.1 Å². The molecule has 3 saturated carbocycles. The van der Waals surface area contributed by atoms with Gasteiger partial charge in [0.05, 0.1) is 0 Å². The van der Waals surface area contributed by atoms with Gasteiger partial charge >= 0.3 is 0 Å². The fourth-order valence-corrected chi connectivity index (χ4v) is 8.61. The average molecular weight is 449 g/mol. The van der Waals surface area contributed by atoms with Crippen LogP contribution in [0.1, 0.15) is 70.8 Å². The van der Waals surface area contributed by atoms with Crippen LogP contribution in [0.4, 0.5) is 0 Å². The molecule has 0 spiro atoms. The van der Waals surface area contributed by atoms with Crippen LogP contribution in [0.5, 0.6) is 0 Å². The van der Waals surface area contributed by atoms with Gasteiger partial charge in [-0.25, -0.2) is 0 Å². The molecule has 2 amide bonds. The van der Waals surface area contributed by atoms with Crippen molar-refractivity contribution >= 4 is 17.9 Å². The highest BCUT2D eigenvalue weighted by Gasteiger charge is 2.60. The lowest BCUT2D eigenvalue weighted by atomic mass is 9.47. The first kappa shape index (κ1) is 22.7. The Hall–Kier alpha value is -2.10. The number of rotatable bonds is 4. The lowest BCUT2D eigenvalue weighted by molar-refractivity contribution is -0.158. The van der Waals surface area contributed by atoms with Crippen LogP contribution < -0.4 is 5.32 Å². The summed E-state index contributed by atoms with van der Waals surface area (Å²) in [5.74, 6) is 3.21. The lowest BCUT2D eigenvalue weighted by Gasteiger charge is -2.61. The van der Waals surface area contributed by atoms with Crippen LogP contribution in [0, 0.1) is 34.5 Å². The number of likely N-dealkylation sites (tertiary alicyclic amines) is 1. The average Bonchev–Trinajstić information content (AvgIpc) is 3.16. The number of carbonyl (C=O) groups is 2. The van der Waals surface area contributed by atoms with E-state index in [0.29, 0.717) is 23.3 Å². The van der Waals surface area contributed by atoms with Gasteiger partial charge in [0.25, 0.3) is 0 Å². The van der Waals surface area contributed by atoms with E-state index >= 15 is 0 Å². The van der Waals surface area contributed by atoms with E-state index in [-0.39, 0.29) is 11.3 Å². The van der Waals surface area contributed by atoms with E-state index in [4.69, 9.17) is 0 Å². The van der Waals surface area contributed by atoms with Crippen molar-refractivity contribution in [3.8, 4) is 0 Å². The normalized spacial score (nSPS) is 40.3. The Morgan fingerprint density at radius 1 is 1.03 bits per heavy atom. The molecular weight excluding hydrogens is 408 g/mol. The molecule has 1 aromatic rings. The van der Waals surface area contributed by atoms with Crippen molar-refractivity contribution in [2.75, 3.05) is 13.6 Å². The highest BCUT2D eigenvalue weighted by molar-refractivity contribution is 5.91. The molecule has 3 aliphatic carbocycles. The summed E-state index contributed by atoms with van der Waals surface area (Å²) in [5, 5.41) is 3.22. The predicted octanol–water partition coefficient (Wildman–Crippen LogP) is 5.30. The van der Waals surface area contributed by atoms with Gasteiger partial charge in [0, 0.05) is 32.1 Å². The molecule has 0 radical (unpaired) electrons. The molecule has 2 unspecified atom stereocenters. The summed E-state index contributed by atoms with van der Waals surface area (Å²) < 4.78 is 0. The highest BCUT2D eigenvalue weighted by atomic mass is 16.2. The summed E-state index contributed by atoms with van der Waals surface area (Å²) in [6.45, 7) is 5.80. The summed E-state index contributed by atoms with van der Waals surface area (Å²) >= 11 is 0. The second-order valence-corrected chi connectivity index (χ2v) is 11.8. The summed E-state index contributed by atoms with van der Waals surface area (Å²) in [7, 11) is 2.04. The Bertz CT molecular complexity index is 927. The maximum absolute atomic E-state index is 12.5. The molecule has 1 aromatic carbocycles. The monoisotopic (exact) mass is 448 g/mol. The first-order valence-electron chi connectivity index (χ1n) is 13.1. The van der Waals surface area contributed by atoms with Crippen molar-refractivity contribution in [3.63, 3.8) is 0 Å². The van der Waals surface area contributed by atoms with Gasteiger partial charge in [-0.15, -0.1) is 0 Å². The van der Waals surface area contributed by atoms with Gasteiger partial charge in [0.1, 0.15) is 0 Å². The number of piperidine rings is 1.